The zero-order chi connectivity index (χ0) is 8.39. The van der Waals surface area contributed by atoms with Crippen molar-refractivity contribution < 1.29 is 9.79 Å². The molecule has 0 saturated carbocycles. The minimum absolute atomic E-state index is 0.0252. The molecule has 1 aliphatic rings. The molecule has 0 aliphatic carbocycles. The summed E-state index contributed by atoms with van der Waals surface area (Å²) < 4.78 is 1.70. The largest absolute Gasteiger partial charge is 0.857 e. The molecule has 0 bridgehead atoms. The van der Waals surface area contributed by atoms with Crippen molar-refractivity contribution in [2.45, 2.75) is 6.42 Å². The fraction of sp³-hybridized carbons (Fsp3) is 0.250. The number of nitrogens with zero attached hydrogens (tertiary/aromatic N) is 2. The Morgan fingerprint density at radius 2 is 2.58 bits per heavy atom. The summed E-state index contributed by atoms with van der Waals surface area (Å²) in [5.74, 6) is -0.0252. The van der Waals surface area contributed by atoms with Crippen molar-refractivity contribution in [3.8, 4) is 0 Å². The van der Waals surface area contributed by atoms with E-state index in [1.807, 2.05) is 23.7 Å². The smallest absolute Gasteiger partial charge is 0.213 e. The van der Waals surface area contributed by atoms with E-state index in [0.29, 0.717) is 6.42 Å². The van der Waals surface area contributed by atoms with Gasteiger partial charge in [-0.1, -0.05) is 10.8 Å². The van der Waals surface area contributed by atoms with E-state index in [1.165, 1.54) is 0 Å². The van der Waals surface area contributed by atoms with E-state index in [0.717, 1.165) is 11.4 Å². The average molecular weight is 180 g/mol. The molecule has 0 N–H and O–H groups in total. The van der Waals surface area contributed by atoms with Gasteiger partial charge in [-0.15, -0.1) is 11.3 Å². The summed E-state index contributed by atoms with van der Waals surface area (Å²) in [6, 6.07) is 3.98. The molecule has 0 spiro atoms. The van der Waals surface area contributed by atoms with Crippen LogP contribution in [0.2, 0.25) is 0 Å². The zero-order valence-electron chi connectivity index (χ0n) is 6.43. The van der Waals surface area contributed by atoms with Crippen molar-refractivity contribution in [1.29, 1.82) is 0 Å². The van der Waals surface area contributed by atoms with Crippen molar-refractivity contribution in [3.05, 3.63) is 22.4 Å². The summed E-state index contributed by atoms with van der Waals surface area (Å²) in [5.41, 5.74) is 0. The van der Waals surface area contributed by atoms with E-state index in [2.05, 4.69) is 5.10 Å². The average Bonchev–Trinajstić information content (AvgIpc) is 2.63. The second kappa shape index (κ2) is 3.06. The Morgan fingerprint density at radius 1 is 1.67 bits per heavy atom. The fourth-order valence-corrected chi connectivity index (χ4v) is 1.71. The molecule has 3 nitrogen and oxygen atoms in total. The first-order valence-electron chi connectivity index (χ1n) is 3.74. The topological polar surface area (TPSA) is 38.4 Å². The zero-order valence-corrected chi connectivity index (χ0v) is 7.25. The molecular weight excluding hydrogens is 172 g/mol. The molecule has 0 amide bonds. The number of hydrogen-bond acceptors (Lipinski definition) is 3. The lowest BCUT2D eigenvalue weighted by atomic mass is 10.4. The molecular formula is C8H8N2OS. The molecule has 0 radical (unpaired) electrons. The van der Waals surface area contributed by atoms with Crippen LogP contribution in [0.15, 0.2) is 22.6 Å². The van der Waals surface area contributed by atoms with Crippen LogP contribution in [0.5, 0.6) is 0 Å². The van der Waals surface area contributed by atoms with Gasteiger partial charge in [0.05, 0.1) is 4.88 Å². The SMILES string of the molecule is [O-]C1=N/[N+](=C\c2cccs2)CC1. The molecule has 0 atom stereocenters. The van der Waals surface area contributed by atoms with Gasteiger partial charge in [0.1, 0.15) is 0 Å². The Kier molecular flexibility index (Phi) is 1.91. The van der Waals surface area contributed by atoms with Gasteiger partial charge in [-0.3, -0.25) is 0 Å². The van der Waals surface area contributed by atoms with Gasteiger partial charge in [0.2, 0.25) is 6.21 Å². The van der Waals surface area contributed by atoms with Crippen LogP contribution >= 0.6 is 11.3 Å². The van der Waals surface area contributed by atoms with E-state index in [-0.39, 0.29) is 5.90 Å². The van der Waals surface area contributed by atoms with Gasteiger partial charge in [0.15, 0.2) is 6.54 Å². The maximum atomic E-state index is 10.8. The lowest BCUT2D eigenvalue weighted by Gasteiger charge is -1.89. The molecule has 0 aromatic carbocycles. The molecule has 0 saturated heterocycles. The van der Waals surface area contributed by atoms with Crippen LogP contribution in [0, 0.1) is 0 Å². The van der Waals surface area contributed by atoms with Crippen LogP contribution in [0.3, 0.4) is 0 Å². The van der Waals surface area contributed by atoms with Gasteiger partial charge >= 0.3 is 0 Å². The first-order chi connectivity index (χ1) is 5.84. The second-order valence-electron chi connectivity index (χ2n) is 2.55. The molecule has 12 heavy (non-hydrogen) atoms. The fourth-order valence-electron chi connectivity index (χ4n) is 1.06. The van der Waals surface area contributed by atoms with Crippen molar-refractivity contribution in [1.82, 2.24) is 0 Å². The Morgan fingerprint density at radius 3 is 3.17 bits per heavy atom. The highest BCUT2D eigenvalue weighted by atomic mass is 32.1. The van der Waals surface area contributed by atoms with Crippen LogP contribution in [-0.4, -0.2) is 23.3 Å². The van der Waals surface area contributed by atoms with Crippen molar-refractivity contribution in [2.24, 2.45) is 5.10 Å². The van der Waals surface area contributed by atoms with Gasteiger partial charge in [-0.25, -0.2) is 0 Å². The van der Waals surface area contributed by atoms with E-state index in [4.69, 9.17) is 0 Å². The maximum Gasteiger partial charge on any atom is 0.213 e. The van der Waals surface area contributed by atoms with Gasteiger partial charge in [-0.05, 0) is 16.5 Å². The monoisotopic (exact) mass is 180 g/mol. The van der Waals surface area contributed by atoms with Gasteiger partial charge in [0, 0.05) is 12.3 Å². The quantitative estimate of drug-likeness (QED) is 0.571. The Balaban J connectivity index is 2.20. The molecule has 1 aliphatic heterocycles. The third kappa shape index (κ3) is 1.53. The number of thiophene rings is 1. The molecule has 4 heteroatoms. The van der Waals surface area contributed by atoms with Gasteiger partial charge < -0.3 is 5.11 Å². The van der Waals surface area contributed by atoms with Crippen molar-refractivity contribution in [2.75, 3.05) is 6.54 Å². The summed E-state index contributed by atoms with van der Waals surface area (Å²) >= 11 is 1.64. The van der Waals surface area contributed by atoms with Crippen LogP contribution < -0.4 is 5.11 Å². The molecule has 0 unspecified atom stereocenters. The third-order valence-electron chi connectivity index (χ3n) is 1.61. The first-order valence-corrected chi connectivity index (χ1v) is 4.62. The Hall–Kier alpha value is -1.16. The summed E-state index contributed by atoms with van der Waals surface area (Å²) in [4.78, 5) is 1.13. The predicted molar refractivity (Wildman–Crippen MR) is 46.7 cm³/mol. The molecule has 1 aromatic heterocycles. The van der Waals surface area contributed by atoms with E-state index in [9.17, 15) is 5.11 Å². The Bertz CT molecular complexity index is 327. The lowest BCUT2D eigenvalue weighted by Crippen LogP contribution is -2.13. The van der Waals surface area contributed by atoms with E-state index >= 15 is 0 Å². The standard InChI is InChI=1S/C8H8N2OS/c11-8-3-4-10(9-8)6-7-2-1-5-12-7/h1-2,5-6H,3-4H2/b10-6-. The highest BCUT2D eigenvalue weighted by molar-refractivity contribution is 7.11. The Labute approximate surface area is 74.3 Å². The summed E-state index contributed by atoms with van der Waals surface area (Å²) in [6.07, 6.45) is 2.44. The minimum Gasteiger partial charge on any atom is -0.857 e. The van der Waals surface area contributed by atoms with Crippen LogP contribution in [-0.2, 0) is 0 Å². The highest BCUT2D eigenvalue weighted by Crippen LogP contribution is 2.06. The van der Waals surface area contributed by atoms with Crippen LogP contribution in [0.25, 0.3) is 0 Å². The summed E-state index contributed by atoms with van der Waals surface area (Å²) in [7, 11) is 0. The first kappa shape index (κ1) is 7.49. The lowest BCUT2D eigenvalue weighted by molar-refractivity contribution is -0.519. The number of rotatable bonds is 1. The van der Waals surface area contributed by atoms with E-state index < -0.39 is 0 Å². The van der Waals surface area contributed by atoms with Gasteiger partial charge in [0.25, 0.3) is 0 Å². The van der Waals surface area contributed by atoms with E-state index in [1.54, 1.807) is 16.0 Å². The van der Waals surface area contributed by atoms with Crippen LogP contribution in [0.4, 0.5) is 0 Å². The molecule has 1 aromatic rings. The third-order valence-corrected chi connectivity index (χ3v) is 2.42. The highest BCUT2D eigenvalue weighted by Gasteiger charge is 2.10. The molecule has 62 valence electrons. The minimum atomic E-state index is -0.0252. The van der Waals surface area contributed by atoms with Crippen molar-refractivity contribution >= 4 is 23.4 Å². The number of hydrogen-bond donors (Lipinski definition) is 0. The maximum absolute atomic E-state index is 10.8. The molecule has 2 rings (SSSR count). The van der Waals surface area contributed by atoms with Crippen LogP contribution in [0.1, 0.15) is 11.3 Å². The second-order valence-corrected chi connectivity index (χ2v) is 3.53. The normalized spacial score (nSPS) is 20.0. The summed E-state index contributed by atoms with van der Waals surface area (Å²) in [6.45, 7) is 0.719. The van der Waals surface area contributed by atoms with Gasteiger partial charge in [-0.2, -0.15) is 0 Å². The predicted octanol–water partition coefficient (Wildman–Crippen LogP) is 0.257. The number of hydrazone groups is 1. The molecule has 0 fully saturated rings. The van der Waals surface area contributed by atoms with Crippen molar-refractivity contribution in [3.63, 3.8) is 0 Å². The summed E-state index contributed by atoms with van der Waals surface area (Å²) in [5, 5.41) is 16.6. The molecule has 2 heterocycles.